The number of aryl methyl sites for hydroxylation is 1. The summed E-state index contributed by atoms with van der Waals surface area (Å²) in [5.74, 6) is 0.612. The van der Waals surface area contributed by atoms with Gasteiger partial charge in [0.2, 0.25) is 0 Å². The number of nitrogens with zero attached hydrogens (tertiary/aromatic N) is 2. The maximum absolute atomic E-state index is 12.2. The van der Waals surface area contributed by atoms with Crippen LogP contribution in [0.15, 0.2) is 18.3 Å². The summed E-state index contributed by atoms with van der Waals surface area (Å²) in [7, 11) is 1.90. The van der Waals surface area contributed by atoms with Crippen molar-refractivity contribution in [2.24, 2.45) is 13.0 Å². The molecule has 5 heteroatoms. The predicted molar refractivity (Wildman–Crippen MR) is 93.0 cm³/mol. The highest BCUT2D eigenvalue weighted by Gasteiger charge is 2.54. The van der Waals surface area contributed by atoms with Gasteiger partial charge >= 0.3 is 0 Å². The lowest BCUT2D eigenvalue weighted by atomic mass is 9.78. The Labute approximate surface area is 144 Å². The number of carbonyl (C=O) groups excluding carboxylic acids is 1. The first-order valence-corrected chi connectivity index (χ1v) is 9.45. The van der Waals surface area contributed by atoms with Crippen LogP contribution in [-0.2, 0) is 11.8 Å². The predicted octanol–water partition coefficient (Wildman–Crippen LogP) is 2.18. The van der Waals surface area contributed by atoms with Crippen molar-refractivity contribution < 1.29 is 9.53 Å². The molecule has 132 valence electrons. The molecule has 5 nitrogen and oxygen atoms in total. The van der Waals surface area contributed by atoms with Crippen LogP contribution in [0.4, 0.5) is 0 Å². The number of hydrogen-bond donors (Lipinski definition) is 1. The van der Waals surface area contributed by atoms with Crippen molar-refractivity contribution in [1.82, 2.24) is 14.8 Å². The Bertz CT molecular complexity index is 585. The fourth-order valence-corrected chi connectivity index (χ4v) is 4.86. The van der Waals surface area contributed by atoms with Crippen LogP contribution in [0.1, 0.15) is 49.0 Å². The van der Waals surface area contributed by atoms with E-state index in [0.29, 0.717) is 5.92 Å². The van der Waals surface area contributed by atoms with Gasteiger partial charge in [0, 0.05) is 45.5 Å². The molecule has 0 aromatic carbocycles. The fourth-order valence-electron chi connectivity index (χ4n) is 4.86. The summed E-state index contributed by atoms with van der Waals surface area (Å²) in [4.78, 5) is 14.8. The standard InChI is InChI=1S/C19H29N3O2/c1-21-11-4-7-17(21)18(23)20-10-8-15-9-12-24-19(15)13-22(14-19)16-5-2-3-6-16/h4,7,11,15-16H,2-3,5-6,8-10,12-14H2,1H3,(H,20,23)/t15-/m0/s1. The highest BCUT2D eigenvalue weighted by molar-refractivity contribution is 5.92. The number of carbonyl (C=O) groups is 1. The van der Waals surface area contributed by atoms with Crippen molar-refractivity contribution in [2.75, 3.05) is 26.2 Å². The first-order chi connectivity index (χ1) is 11.7. The summed E-state index contributed by atoms with van der Waals surface area (Å²) in [6.07, 6.45) is 9.59. The molecule has 24 heavy (non-hydrogen) atoms. The fraction of sp³-hybridized carbons (Fsp3) is 0.737. The first-order valence-electron chi connectivity index (χ1n) is 9.45. The number of aromatic nitrogens is 1. The van der Waals surface area contributed by atoms with E-state index in [1.807, 2.05) is 29.9 Å². The van der Waals surface area contributed by atoms with E-state index in [1.54, 1.807) is 0 Å². The molecule has 1 aliphatic carbocycles. The van der Waals surface area contributed by atoms with Crippen LogP contribution < -0.4 is 5.32 Å². The highest BCUT2D eigenvalue weighted by Crippen LogP contribution is 2.44. The minimum atomic E-state index is 0.0247. The van der Waals surface area contributed by atoms with Crippen molar-refractivity contribution in [3.8, 4) is 0 Å². The second-order valence-corrected chi connectivity index (χ2v) is 7.79. The summed E-state index contributed by atoms with van der Waals surface area (Å²) in [6, 6.07) is 4.57. The van der Waals surface area contributed by atoms with Gasteiger partial charge in [0.25, 0.3) is 5.91 Å². The van der Waals surface area contributed by atoms with Crippen molar-refractivity contribution in [1.29, 1.82) is 0 Å². The summed E-state index contributed by atoms with van der Waals surface area (Å²) < 4.78 is 8.03. The number of likely N-dealkylation sites (tertiary alicyclic amines) is 1. The Kier molecular flexibility index (Phi) is 4.39. The minimum Gasteiger partial charge on any atom is -0.372 e. The minimum absolute atomic E-state index is 0.0247. The van der Waals surface area contributed by atoms with E-state index in [9.17, 15) is 4.79 Å². The molecule has 1 amide bonds. The van der Waals surface area contributed by atoms with Crippen LogP contribution in [0.3, 0.4) is 0 Å². The lowest BCUT2D eigenvalue weighted by molar-refractivity contribution is -0.146. The molecule has 3 heterocycles. The van der Waals surface area contributed by atoms with Gasteiger partial charge in [-0.25, -0.2) is 0 Å². The zero-order valence-electron chi connectivity index (χ0n) is 14.7. The van der Waals surface area contributed by atoms with Crippen molar-refractivity contribution in [3.05, 3.63) is 24.0 Å². The van der Waals surface area contributed by atoms with Crippen LogP contribution in [0.2, 0.25) is 0 Å². The first kappa shape index (κ1) is 16.2. The zero-order chi connectivity index (χ0) is 16.6. The summed E-state index contributed by atoms with van der Waals surface area (Å²) in [5.41, 5.74) is 0.807. The molecule has 1 aromatic heterocycles. The number of ether oxygens (including phenoxy) is 1. The average Bonchev–Trinajstić information content (AvgIpc) is 3.24. The molecule has 3 fully saturated rings. The molecule has 3 aliphatic rings. The summed E-state index contributed by atoms with van der Waals surface area (Å²) in [5, 5.41) is 3.08. The molecule has 0 bridgehead atoms. The number of amides is 1. The summed E-state index contributed by atoms with van der Waals surface area (Å²) in [6.45, 7) is 3.83. The highest BCUT2D eigenvalue weighted by atomic mass is 16.5. The third-order valence-electron chi connectivity index (χ3n) is 6.34. The van der Waals surface area contributed by atoms with Gasteiger partial charge in [0.1, 0.15) is 5.69 Å². The Hall–Kier alpha value is -1.33. The Morgan fingerprint density at radius 1 is 1.33 bits per heavy atom. The molecular weight excluding hydrogens is 302 g/mol. The van der Waals surface area contributed by atoms with Crippen molar-refractivity contribution >= 4 is 5.91 Å². The second-order valence-electron chi connectivity index (χ2n) is 7.79. The Balaban J connectivity index is 1.26. The van der Waals surface area contributed by atoms with Gasteiger partial charge in [-0.3, -0.25) is 9.69 Å². The molecule has 1 spiro atoms. The number of rotatable bonds is 5. The maximum Gasteiger partial charge on any atom is 0.267 e. The van der Waals surface area contributed by atoms with Gasteiger partial charge in [-0.2, -0.15) is 0 Å². The molecule has 2 saturated heterocycles. The van der Waals surface area contributed by atoms with E-state index < -0.39 is 0 Å². The molecular formula is C19H29N3O2. The van der Waals surface area contributed by atoms with E-state index in [-0.39, 0.29) is 11.5 Å². The summed E-state index contributed by atoms with van der Waals surface area (Å²) >= 11 is 0. The SMILES string of the molecule is Cn1cccc1C(=O)NCC[C@H]1CCOC12CN(C1CCCC1)C2. The van der Waals surface area contributed by atoms with Crippen LogP contribution in [0.5, 0.6) is 0 Å². The van der Waals surface area contributed by atoms with E-state index >= 15 is 0 Å². The van der Waals surface area contributed by atoms with Gasteiger partial charge < -0.3 is 14.6 Å². The van der Waals surface area contributed by atoms with E-state index in [4.69, 9.17) is 4.74 Å². The molecule has 1 atom stereocenters. The lowest BCUT2D eigenvalue weighted by Crippen LogP contribution is -2.66. The molecule has 4 rings (SSSR count). The second kappa shape index (κ2) is 6.52. The third kappa shape index (κ3) is 2.88. The maximum atomic E-state index is 12.2. The van der Waals surface area contributed by atoms with Crippen LogP contribution in [0.25, 0.3) is 0 Å². The van der Waals surface area contributed by atoms with Crippen LogP contribution in [0, 0.1) is 5.92 Å². The van der Waals surface area contributed by atoms with E-state index in [0.717, 1.165) is 50.8 Å². The quantitative estimate of drug-likeness (QED) is 0.899. The monoisotopic (exact) mass is 331 g/mol. The number of hydrogen-bond acceptors (Lipinski definition) is 3. The van der Waals surface area contributed by atoms with Gasteiger partial charge in [0.05, 0.1) is 5.60 Å². The van der Waals surface area contributed by atoms with Crippen LogP contribution in [-0.4, -0.2) is 53.3 Å². The average molecular weight is 331 g/mol. The van der Waals surface area contributed by atoms with Crippen molar-refractivity contribution in [2.45, 2.75) is 50.2 Å². The van der Waals surface area contributed by atoms with Crippen molar-refractivity contribution in [3.63, 3.8) is 0 Å². The lowest BCUT2D eigenvalue weighted by Gasteiger charge is -2.53. The molecule has 1 saturated carbocycles. The van der Waals surface area contributed by atoms with Gasteiger partial charge in [-0.1, -0.05) is 12.8 Å². The van der Waals surface area contributed by atoms with Gasteiger partial charge in [0.15, 0.2) is 0 Å². The van der Waals surface area contributed by atoms with Gasteiger partial charge in [-0.05, 0) is 43.7 Å². The third-order valence-corrected chi connectivity index (χ3v) is 6.34. The van der Waals surface area contributed by atoms with E-state index in [2.05, 4.69) is 10.2 Å². The molecule has 1 aromatic rings. The molecule has 2 aliphatic heterocycles. The Morgan fingerprint density at radius 2 is 2.12 bits per heavy atom. The molecule has 1 N–H and O–H groups in total. The van der Waals surface area contributed by atoms with Gasteiger partial charge in [-0.15, -0.1) is 0 Å². The van der Waals surface area contributed by atoms with E-state index in [1.165, 1.54) is 25.7 Å². The molecule has 0 radical (unpaired) electrons. The zero-order valence-corrected chi connectivity index (χ0v) is 14.7. The smallest absolute Gasteiger partial charge is 0.267 e. The molecule has 0 unspecified atom stereocenters. The topological polar surface area (TPSA) is 46.5 Å². The number of nitrogens with one attached hydrogen (secondary N) is 1. The largest absolute Gasteiger partial charge is 0.372 e. The normalized spacial score (nSPS) is 26.8. The Morgan fingerprint density at radius 3 is 2.83 bits per heavy atom. The van der Waals surface area contributed by atoms with Crippen LogP contribution >= 0.6 is 0 Å².